The van der Waals surface area contributed by atoms with E-state index in [4.69, 9.17) is 0 Å². The van der Waals surface area contributed by atoms with Crippen LogP contribution >= 0.6 is 0 Å². The molecule has 2 N–H and O–H groups in total. The van der Waals surface area contributed by atoms with Crippen LogP contribution < -0.4 is 10.6 Å². The predicted molar refractivity (Wildman–Crippen MR) is 106 cm³/mol. The number of carbonyl (C=O) groups is 2. The normalized spacial score (nSPS) is 15.5. The first-order valence-electron chi connectivity index (χ1n) is 9.44. The Kier molecular flexibility index (Phi) is 5.19. The zero-order valence-corrected chi connectivity index (χ0v) is 15.5. The molecular weight excluding hydrogens is 352 g/mol. The Morgan fingerprint density at radius 2 is 1.93 bits per heavy atom. The molecule has 1 aliphatic rings. The Balaban J connectivity index is 1.32. The Labute approximate surface area is 163 Å². The van der Waals surface area contributed by atoms with Gasteiger partial charge in [-0.15, -0.1) is 0 Å². The van der Waals surface area contributed by atoms with Crippen LogP contribution in [0.15, 0.2) is 67.3 Å². The highest BCUT2D eigenvalue weighted by molar-refractivity contribution is 5.96. The summed E-state index contributed by atoms with van der Waals surface area (Å²) in [4.78, 5) is 28.7. The Hall–Kier alpha value is -3.41. The molecule has 1 atom stereocenters. The number of hydrogen-bond donors (Lipinski definition) is 2. The standard InChI is InChI=1S/C22H22N4O2/c27-21(25-20-7-3-5-16-4-1-2-6-19(16)20)14-24-22(28)17-8-10-18(11-9-17)26-13-12-23-15-26/h1-2,4,6,8-13,15,20H,3,5,7,14H2,(H,24,28)(H,25,27). The van der Waals surface area contributed by atoms with E-state index < -0.39 is 0 Å². The lowest BCUT2D eigenvalue weighted by molar-refractivity contribution is -0.121. The molecule has 1 unspecified atom stereocenters. The van der Waals surface area contributed by atoms with E-state index in [-0.39, 0.29) is 24.4 Å². The lowest BCUT2D eigenvalue weighted by Gasteiger charge is -2.26. The third kappa shape index (κ3) is 3.96. The van der Waals surface area contributed by atoms with Gasteiger partial charge in [-0.3, -0.25) is 9.59 Å². The fourth-order valence-electron chi connectivity index (χ4n) is 3.61. The first-order valence-corrected chi connectivity index (χ1v) is 9.44. The van der Waals surface area contributed by atoms with Gasteiger partial charge in [0.2, 0.25) is 5.91 Å². The number of fused-ring (bicyclic) bond motifs is 1. The van der Waals surface area contributed by atoms with Crippen molar-refractivity contribution >= 4 is 11.8 Å². The van der Waals surface area contributed by atoms with Gasteiger partial charge in [0.15, 0.2) is 0 Å². The summed E-state index contributed by atoms with van der Waals surface area (Å²) in [6.07, 6.45) is 8.26. The van der Waals surface area contributed by atoms with Crippen LogP contribution in [-0.4, -0.2) is 27.9 Å². The number of imidazole rings is 1. The average Bonchev–Trinajstić information content (AvgIpc) is 3.27. The number of aromatic nitrogens is 2. The summed E-state index contributed by atoms with van der Waals surface area (Å²) in [5, 5.41) is 5.74. The highest BCUT2D eigenvalue weighted by atomic mass is 16.2. The number of carbonyl (C=O) groups excluding carboxylic acids is 2. The average molecular weight is 374 g/mol. The van der Waals surface area contributed by atoms with E-state index in [2.05, 4.69) is 27.8 Å². The molecule has 0 saturated heterocycles. The van der Waals surface area contributed by atoms with E-state index in [9.17, 15) is 9.59 Å². The van der Waals surface area contributed by atoms with Crippen molar-refractivity contribution in [1.82, 2.24) is 20.2 Å². The molecule has 0 saturated carbocycles. The monoisotopic (exact) mass is 374 g/mol. The third-order valence-corrected chi connectivity index (χ3v) is 5.05. The Morgan fingerprint density at radius 1 is 1.11 bits per heavy atom. The van der Waals surface area contributed by atoms with E-state index in [1.807, 2.05) is 35.0 Å². The predicted octanol–water partition coefficient (Wildman–Crippen LogP) is 2.80. The lowest BCUT2D eigenvalue weighted by atomic mass is 9.88. The summed E-state index contributed by atoms with van der Waals surface area (Å²) >= 11 is 0. The van der Waals surface area contributed by atoms with Crippen molar-refractivity contribution in [3.05, 3.63) is 83.9 Å². The van der Waals surface area contributed by atoms with E-state index in [1.165, 1.54) is 11.1 Å². The number of nitrogens with zero attached hydrogens (tertiary/aromatic N) is 2. The zero-order valence-electron chi connectivity index (χ0n) is 15.5. The fraction of sp³-hybridized carbons (Fsp3) is 0.227. The highest BCUT2D eigenvalue weighted by Gasteiger charge is 2.21. The molecule has 28 heavy (non-hydrogen) atoms. The number of hydrogen-bond acceptors (Lipinski definition) is 3. The van der Waals surface area contributed by atoms with Crippen molar-refractivity contribution in [1.29, 1.82) is 0 Å². The minimum absolute atomic E-state index is 0.0174. The SMILES string of the molecule is O=C(CNC(=O)c1ccc(-n2ccnc2)cc1)NC1CCCc2ccccc21. The van der Waals surface area contributed by atoms with Gasteiger partial charge < -0.3 is 15.2 Å². The summed E-state index contributed by atoms with van der Waals surface area (Å²) in [7, 11) is 0. The van der Waals surface area contributed by atoms with E-state index in [0.717, 1.165) is 24.9 Å². The molecule has 1 aromatic heterocycles. The van der Waals surface area contributed by atoms with Gasteiger partial charge in [-0.1, -0.05) is 24.3 Å². The molecule has 6 nitrogen and oxygen atoms in total. The molecule has 0 fully saturated rings. The Morgan fingerprint density at radius 3 is 2.71 bits per heavy atom. The quantitative estimate of drug-likeness (QED) is 0.721. The van der Waals surface area contributed by atoms with Crippen molar-refractivity contribution in [2.24, 2.45) is 0 Å². The summed E-state index contributed by atoms with van der Waals surface area (Å²) < 4.78 is 1.86. The molecule has 0 bridgehead atoms. The number of amides is 2. The van der Waals surface area contributed by atoms with Crippen LogP contribution in [0.4, 0.5) is 0 Å². The molecular formula is C22H22N4O2. The number of nitrogens with one attached hydrogen (secondary N) is 2. The van der Waals surface area contributed by atoms with Crippen molar-refractivity contribution in [2.75, 3.05) is 6.54 Å². The van der Waals surface area contributed by atoms with Crippen molar-refractivity contribution in [3.63, 3.8) is 0 Å². The van der Waals surface area contributed by atoms with Crippen molar-refractivity contribution in [3.8, 4) is 5.69 Å². The maximum Gasteiger partial charge on any atom is 0.251 e. The summed E-state index contributed by atoms with van der Waals surface area (Å²) in [6.45, 7) is -0.0409. The van der Waals surface area contributed by atoms with E-state index >= 15 is 0 Å². The zero-order chi connectivity index (χ0) is 19.3. The molecule has 1 aliphatic carbocycles. The van der Waals surface area contributed by atoms with Gasteiger partial charge in [-0.25, -0.2) is 4.98 Å². The first-order chi connectivity index (χ1) is 13.7. The lowest BCUT2D eigenvalue weighted by Crippen LogP contribution is -2.39. The Bertz CT molecular complexity index is 964. The first kappa shape index (κ1) is 18.0. The second-order valence-corrected chi connectivity index (χ2v) is 6.91. The number of aryl methyl sites for hydroxylation is 1. The summed E-state index contributed by atoms with van der Waals surface area (Å²) in [6, 6.07) is 15.4. The molecule has 2 aromatic carbocycles. The van der Waals surface area contributed by atoms with Crippen LogP contribution in [0.3, 0.4) is 0 Å². The van der Waals surface area contributed by atoms with Crippen molar-refractivity contribution < 1.29 is 9.59 Å². The third-order valence-electron chi connectivity index (χ3n) is 5.05. The molecule has 4 rings (SSSR count). The molecule has 0 radical (unpaired) electrons. The van der Waals surface area contributed by atoms with Crippen LogP contribution in [0.1, 0.15) is 40.4 Å². The maximum absolute atomic E-state index is 12.3. The van der Waals surface area contributed by atoms with Crippen LogP contribution in [0.2, 0.25) is 0 Å². The molecule has 3 aromatic rings. The van der Waals surface area contributed by atoms with Crippen LogP contribution in [0.5, 0.6) is 0 Å². The molecule has 142 valence electrons. The van der Waals surface area contributed by atoms with Crippen LogP contribution in [0, 0.1) is 0 Å². The highest BCUT2D eigenvalue weighted by Crippen LogP contribution is 2.29. The van der Waals surface area contributed by atoms with Gasteiger partial charge in [0.1, 0.15) is 0 Å². The minimum Gasteiger partial charge on any atom is -0.348 e. The van der Waals surface area contributed by atoms with E-state index in [1.54, 1.807) is 24.7 Å². The molecule has 6 heteroatoms. The molecule has 0 aliphatic heterocycles. The number of benzene rings is 2. The van der Waals surface area contributed by atoms with Crippen molar-refractivity contribution in [2.45, 2.75) is 25.3 Å². The van der Waals surface area contributed by atoms with Crippen LogP contribution in [-0.2, 0) is 11.2 Å². The van der Waals surface area contributed by atoms with Gasteiger partial charge in [0.25, 0.3) is 5.91 Å². The largest absolute Gasteiger partial charge is 0.348 e. The molecule has 0 spiro atoms. The van der Waals surface area contributed by atoms with Gasteiger partial charge in [-0.05, 0) is 54.7 Å². The second-order valence-electron chi connectivity index (χ2n) is 6.91. The number of rotatable bonds is 5. The molecule has 1 heterocycles. The smallest absolute Gasteiger partial charge is 0.251 e. The van der Waals surface area contributed by atoms with E-state index in [0.29, 0.717) is 5.56 Å². The topological polar surface area (TPSA) is 76.0 Å². The van der Waals surface area contributed by atoms with Crippen LogP contribution in [0.25, 0.3) is 5.69 Å². The fourth-order valence-corrected chi connectivity index (χ4v) is 3.61. The second kappa shape index (κ2) is 8.08. The van der Waals surface area contributed by atoms with Gasteiger partial charge in [-0.2, -0.15) is 0 Å². The minimum atomic E-state index is -0.267. The maximum atomic E-state index is 12.3. The van der Waals surface area contributed by atoms with Gasteiger partial charge in [0.05, 0.1) is 18.9 Å². The molecule has 2 amide bonds. The van der Waals surface area contributed by atoms with Gasteiger partial charge >= 0.3 is 0 Å². The summed E-state index contributed by atoms with van der Waals surface area (Å²) in [5.41, 5.74) is 3.91. The van der Waals surface area contributed by atoms with Gasteiger partial charge in [0, 0.05) is 23.6 Å². The summed E-state index contributed by atoms with van der Waals surface area (Å²) in [5.74, 6) is -0.443.